The Hall–Kier alpha value is -2.41. The average Bonchev–Trinajstić information content (AvgIpc) is 3.25. The van der Waals surface area contributed by atoms with E-state index in [1.54, 1.807) is 14.2 Å². The molecule has 7 nitrogen and oxygen atoms in total. The van der Waals surface area contributed by atoms with Gasteiger partial charge in [-0.3, -0.25) is 4.99 Å². The summed E-state index contributed by atoms with van der Waals surface area (Å²) in [6, 6.07) is 5.96. The van der Waals surface area contributed by atoms with Crippen molar-refractivity contribution in [1.82, 2.24) is 15.6 Å². The van der Waals surface area contributed by atoms with E-state index < -0.39 is 0 Å². The van der Waals surface area contributed by atoms with Crippen molar-refractivity contribution in [3.05, 3.63) is 40.6 Å². The largest absolute Gasteiger partial charge is 0.495 e. The van der Waals surface area contributed by atoms with Crippen LogP contribution in [0.15, 0.2) is 27.6 Å². The van der Waals surface area contributed by atoms with E-state index in [0.717, 1.165) is 48.4 Å². The van der Waals surface area contributed by atoms with Crippen molar-refractivity contribution in [2.24, 2.45) is 4.99 Å². The smallest absolute Gasteiger partial charge is 0.214 e. The van der Waals surface area contributed by atoms with Crippen LogP contribution in [0.2, 0.25) is 5.02 Å². The molecule has 0 amide bonds. The quantitative estimate of drug-likeness (QED) is 0.603. The number of hydrogen-bond acceptors (Lipinski definition) is 5. The molecule has 1 aromatic heterocycles. The normalized spacial score (nSPS) is 17.3. The minimum atomic E-state index is 0.271. The number of aryl methyl sites for hydroxylation is 2. The number of aliphatic imine (C=N–C) groups is 1. The number of guanidine groups is 1. The maximum Gasteiger partial charge on any atom is 0.214 e. The van der Waals surface area contributed by atoms with E-state index in [9.17, 15) is 0 Å². The number of ether oxygens (including phenoxy) is 1. The first-order valence-corrected chi connectivity index (χ1v) is 9.36. The number of aromatic nitrogens is 1. The van der Waals surface area contributed by atoms with Gasteiger partial charge in [0.15, 0.2) is 5.96 Å². The molecule has 1 aromatic carbocycles. The Morgan fingerprint density at radius 1 is 1.44 bits per heavy atom. The topological polar surface area (TPSA) is 74.9 Å². The molecular weight excluding hydrogens is 366 g/mol. The molecule has 146 valence electrons. The van der Waals surface area contributed by atoms with Crippen LogP contribution in [0.1, 0.15) is 23.8 Å². The number of nitrogens with one attached hydrogen (secondary N) is 2. The Morgan fingerprint density at radius 3 is 2.93 bits per heavy atom. The summed E-state index contributed by atoms with van der Waals surface area (Å²) in [6.45, 7) is 6.10. The van der Waals surface area contributed by atoms with Crippen LogP contribution >= 0.6 is 11.6 Å². The van der Waals surface area contributed by atoms with Crippen LogP contribution in [0.4, 0.5) is 5.69 Å². The van der Waals surface area contributed by atoms with Crippen LogP contribution in [0.5, 0.6) is 5.75 Å². The maximum atomic E-state index is 6.17. The highest BCUT2D eigenvalue weighted by Gasteiger charge is 2.25. The zero-order chi connectivity index (χ0) is 19.4. The summed E-state index contributed by atoms with van der Waals surface area (Å²) >= 11 is 6.17. The molecule has 0 bridgehead atoms. The van der Waals surface area contributed by atoms with Gasteiger partial charge in [0.05, 0.1) is 25.0 Å². The van der Waals surface area contributed by atoms with Gasteiger partial charge in [-0.15, -0.1) is 0 Å². The second-order valence-electron chi connectivity index (χ2n) is 6.57. The molecule has 1 atom stereocenters. The fourth-order valence-electron chi connectivity index (χ4n) is 3.17. The average molecular weight is 392 g/mol. The van der Waals surface area contributed by atoms with Crippen LogP contribution in [0, 0.1) is 13.8 Å². The number of benzene rings is 1. The van der Waals surface area contributed by atoms with Gasteiger partial charge in [0.1, 0.15) is 11.5 Å². The standard InChI is InChI=1S/C19H26ClN5O2/c1-12-13(2)27-18(23-12)10-22-19(21-3)24-15-7-8-25(11-15)16-9-14(20)5-6-17(16)26-4/h5-6,9,15H,7-8,10-11H2,1-4H3,(H2,21,22,24). The summed E-state index contributed by atoms with van der Waals surface area (Å²) in [7, 11) is 3.44. The van der Waals surface area contributed by atoms with Crippen molar-refractivity contribution in [1.29, 1.82) is 0 Å². The first-order valence-electron chi connectivity index (χ1n) is 8.98. The molecular formula is C19H26ClN5O2. The van der Waals surface area contributed by atoms with Gasteiger partial charge in [-0.2, -0.15) is 0 Å². The van der Waals surface area contributed by atoms with Crippen molar-refractivity contribution in [2.75, 3.05) is 32.1 Å². The van der Waals surface area contributed by atoms with Gasteiger partial charge in [-0.1, -0.05) is 11.6 Å². The predicted molar refractivity (Wildman–Crippen MR) is 108 cm³/mol. The molecule has 1 unspecified atom stereocenters. The second-order valence-corrected chi connectivity index (χ2v) is 7.00. The molecule has 8 heteroatoms. The highest BCUT2D eigenvalue weighted by molar-refractivity contribution is 6.30. The van der Waals surface area contributed by atoms with Crippen molar-refractivity contribution < 1.29 is 9.15 Å². The van der Waals surface area contributed by atoms with E-state index in [1.165, 1.54) is 0 Å². The van der Waals surface area contributed by atoms with Gasteiger partial charge in [-0.05, 0) is 38.5 Å². The third-order valence-corrected chi connectivity index (χ3v) is 4.95. The van der Waals surface area contributed by atoms with E-state index in [4.69, 9.17) is 20.8 Å². The summed E-state index contributed by atoms with van der Waals surface area (Å²) in [6.07, 6.45) is 0.994. The maximum absolute atomic E-state index is 6.17. The number of methoxy groups -OCH3 is 1. The molecule has 0 radical (unpaired) electrons. The first-order chi connectivity index (χ1) is 13.0. The van der Waals surface area contributed by atoms with E-state index in [2.05, 4.69) is 25.5 Å². The highest BCUT2D eigenvalue weighted by atomic mass is 35.5. The second kappa shape index (κ2) is 8.52. The Kier molecular flexibility index (Phi) is 6.11. The summed E-state index contributed by atoms with van der Waals surface area (Å²) in [5.41, 5.74) is 1.93. The monoisotopic (exact) mass is 391 g/mol. The first kappa shape index (κ1) is 19.4. The summed E-state index contributed by atoms with van der Waals surface area (Å²) in [4.78, 5) is 11.0. The lowest BCUT2D eigenvalue weighted by Gasteiger charge is -2.22. The number of oxazole rings is 1. The molecule has 1 fully saturated rings. The Labute approximate surface area is 164 Å². The number of halogens is 1. The highest BCUT2D eigenvalue weighted by Crippen LogP contribution is 2.33. The van der Waals surface area contributed by atoms with E-state index >= 15 is 0 Å². The number of anilines is 1. The van der Waals surface area contributed by atoms with Gasteiger partial charge in [0.25, 0.3) is 0 Å². The van der Waals surface area contributed by atoms with Crippen molar-refractivity contribution in [2.45, 2.75) is 32.9 Å². The predicted octanol–water partition coefficient (Wildman–Crippen LogP) is 2.90. The summed E-state index contributed by atoms with van der Waals surface area (Å²) in [5.74, 6) is 3.06. The van der Waals surface area contributed by atoms with Gasteiger partial charge in [0, 0.05) is 31.2 Å². The lowest BCUT2D eigenvalue weighted by molar-refractivity contribution is 0.415. The lowest BCUT2D eigenvalue weighted by Crippen LogP contribution is -2.44. The number of hydrogen-bond donors (Lipinski definition) is 2. The van der Waals surface area contributed by atoms with Gasteiger partial charge in [-0.25, -0.2) is 4.98 Å². The molecule has 2 N–H and O–H groups in total. The van der Waals surface area contributed by atoms with E-state index in [1.807, 2.05) is 32.0 Å². The Bertz CT molecular complexity index is 801. The van der Waals surface area contributed by atoms with Crippen molar-refractivity contribution in [3.63, 3.8) is 0 Å². The molecule has 0 saturated carbocycles. The van der Waals surface area contributed by atoms with Crippen LogP contribution in [-0.4, -0.2) is 44.2 Å². The molecule has 1 saturated heterocycles. The third kappa shape index (κ3) is 4.66. The molecule has 3 rings (SSSR count). The minimum absolute atomic E-state index is 0.271. The minimum Gasteiger partial charge on any atom is -0.495 e. The van der Waals surface area contributed by atoms with E-state index in [0.29, 0.717) is 17.5 Å². The van der Waals surface area contributed by atoms with Gasteiger partial charge >= 0.3 is 0 Å². The molecule has 1 aliphatic heterocycles. The molecule has 1 aliphatic rings. The summed E-state index contributed by atoms with van der Waals surface area (Å²) < 4.78 is 11.1. The zero-order valence-corrected chi connectivity index (χ0v) is 16.9. The van der Waals surface area contributed by atoms with Crippen LogP contribution in [-0.2, 0) is 6.54 Å². The molecule has 2 heterocycles. The van der Waals surface area contributed by atoms with Crippen LogP contribution < -0.4 is 20.3 Å². The Morgan fingerprint density at radius 2 is 2.26 bits per heavy atom. The SMILES string of the molecule is CN=C(NCc1nc(C)c(C)o1)NC1CCN(c2cc(Cl)ccc2OC)C1. The number of nitrogens with zero attached hydrogens (tertiary/aromatic N) is 3. The fourth-order valence-corrected chi connectivity index (χ4v) is 3.34. The number of rotatable bonds is 5. The summed E-state index contributed by atoms with van der Waals surface area (Å²) in [5, 5.41) is 7.43. The van der Waals surface area contributed by atoms with Crippen LogP contribution in [0.25, 0.3) is 0 Å². The lowest BCUT2D eigenvalue weighted by atomic mass is 10.2. The Balaban J connectivity index is 1.57. The van der Waals surface area contributed by atoms with Gasteiger partial charge < -0.3 is 24.7 Å². The molecule has 2 aromatic rings. The van der Waals surface area contributed by atoms with Gasteiger partial charge in [0.2, 0.25) is 5.89 Å². The fraction of sp³-hybridized carbons (Fsp3) is 0.474. The molecule has 0 aliphatic carbocycles. The van der Waals surface area contributed by atoms with E-state index in [-0.39, 0.29) is 6.04 Å². The third-order valence-electron chi connectivity index (χ3n) is 4.71. The molecule has 0 spiro atoms. The molecule has 27 heavy (non-hydrogen) atoms. The van der Waals surface area contributed by atoms with Crippen molar-refractivity contribution >= 4 is 23.2 Å². The van der Waals surface area contributed by atoms with Crippen molar-refractivity contribution in [3.8, 4) is 5.75 Å². The van der Waals surface area contributed by atoms with Crippen LogP contribution in [0.3, 0.4) is 0 Å². The zero-order valence-electron chi connectivity index (χ0n) is 16.2.